The average molecular weight is 494 g/mol. The van der Waals surface area contributed by atoms with Gasteiger partial charge in [-0.15, -0.1) is 0 Å². The van der Waals surface area contributed by atoms with Gasteiger partial charge in [0.15, 0.2) is 6.10 Å². The zero-order valence-corrected chi connectivity index (χ0v) is 23.2. The predicted octanol–water partition coefficient (Wildman–Crippen LogP) is 3.96. The molecule has 3 atom stereocenters. The van der Waals surface area contributed by atoms with Crippen LogP contribution in [0.25, 0.3) is 0 Å². The zero-order valence-electron chi connectivity index (χ0n) is 23.2. The SMILES string of the molecule is CC.CC(C)C[C@H](NC(=O)OC(C)(C)C)C(=O)NC(Cc1ccccc1)C(O)C(=O)NC(C)(C)C. The van der Waals surface area contributed by atoms with E-state index in [9.17, 15) is 19.5 Å². The van der Waals surface area contributed by atoms with E-state index in [1.165, 1.54) is 0 Å². The Morgan fingerprint density at radius 2 is 1.46 bits per heavy atom. The van der Waals surface area contributed by atoms with Gasteiger partial charge in [-0.25, -0.2) is 4.79 Å². The molecule has 0 aliphatic carbocycles. The van der Waals surface area contributed by atoms with E-state index in [1.807, 2.05) is 78.8 Å². The minimum absolute atomic E-state index is 0.109. The topological polar surface area (TPSA) is 117 Å². The van der Waals surface area contributed by atoms with Gasteiger partial charge in [0.2, 0.25) is 5.91 Å². The van der Waals surface area contributed by atoms with E-state index in [0.29, 0.717) is 6.42 Å². The van der Waals surface area contributed by atoms with E-state index < -0.39 is 47.2 Å². The number of carbonyl (C=O) groups excluding carboxylic acids is 3. The van der Waals surface area contributed by atoms with Crippen LogP contribution in [-0.4, -0.2) is 52.3 Å². The summed E-state index contributed by atoms with van der Waals surface area (Å²) in [4.78, 5) is 38.1. The Hall–Kier alpha value is -2.61. The van der Waals surface area contributed by atoms with Crippen molar-refractivity contribution in [1.29, 1.82) is 0 Å². The number of amides is 3. The van der Waals surface area contributed by atoms with E-state index in [4.69, 9.17) is 4.74 Å². The Morgan fingerprint density at radius 3 is 1.91 bits per heavy atom. The van der Waals surface area contributed by atoms with Gasteiger partial charge in [0.25, 0.3) is 5.91 Å². The first-order valence-electron chi connectivity index (χ1n) is 12.4. The molecule has 35 heavy (non-hydrogen) atoms. The molecular formula is C27H47N3O5. The lowest BCUT2D eigenvalue weighted by atomic mass is 9.97. The second kappa shape index (κ2) is 14.7. The van der Waals surface area contributed by atoms with Gasteiger partial charge in [-0.3, -0.25) is 9.59 Å². The third kappa shape index (κ3) is 14.4. The molecule has 4 N–H and O–H groups in total. The Bertz CT molecular complexity index is 782. The summed E-state index contributed by atoms with van der Waals surface area (Å²) < 4.78 is 5.30. The highest BCUT2D eigenvalue weighted by atomic mass is 16.6. The van der Waals surface area contributed by atoms with Crippen LogP contribution in [0.2, 0.25) is 0 Å². The number of ether oxygens (including phenoxy) is 1. The first-order valence-corrected chi connectivity index (χ1v) is 12.4. The number of rotatable bonds is 9. The Labute approximate surface area is 211 Å². The molecule has 0 bridgehead atoms. The average Bonchev–Trinajstić information content (AvgIpc) is 2.71. The summed E-state index contributed by atoms with van der Waals surface area (Å²) >= 11 is 0. The molecule has 1 aromatic carbocycles. The fraction of sp³-hybridized carbons (Fsp3) is 0.667. The summed E-state index contributed by atoms with van der Waals surface area (Å²) in [7, 11) is 0. The lowest BCUT2D eigenvalue weighted by Crippen LogP contribution is -2.58. The van der Waals surface area contributed by atoms with Crippen LogP contribution in [0, 0.1) is 5.92 Å². The summed E-state index contributed by atoms with van der Waals surface area (Å²) in [6, 6.07) is 7.51. The van der Waals surface area contributed by atoms with Crippen LogP contribution in [0.3, 0.4) is 0 Å². The lowest BCUT2D eigenvalue weighted by Gasteiger charge is -2.30. The van der Waals surface area contributed by atoms with Gasteiger partial charge in [0.05, 0.1) is 6.04 Å². The highest BCUT2D eigenvalue weighted by Gasteiger charge is 2.33. The molecule has 3 amide bonds. The molecule has 0 saturated carbocycles. The van der Waals surface area contributed by atoms with Gasteiger partial charge in [-0.1, -0.05) is 58.0 Å². The summed E-state index contributed by atoms with van der Waals surface area (Å²) in [5.74, 6) is -0.959. The van der Waals surface area contributed by atoms with Crippen LogP contribution >= 0.6 is 0 Å². The van der Waals surface area contributed by atoms with Crippen molar-refractivity contribution >= 4 is 17.9 Å². The highest BCUT2D eigenvalue weighted by molar-refractivity contribution is 5.87. The van der Waals surface area contributed by atoms with E-state index in [2.05, 4.69) is 16.0 Å². The Kier molecular flexibility index (Phi) is 13.6. The van der Waals surface area contributed by atoms with Gasteiger partial charge in [-0.05, 0) is 65.9 Å². The largest absolute Gasteiger partial charge is 0.444 e. The molecule has 1 rings (SSSR count). The first-order chi connectivity index (χ1) is 16.1. The van der Waals surface area contributed by atoms with Gasteiger partial charge >= 0.3 is 6.09 Å². The van der Waals surface area contributed by atoms with Crippen molar-refractivity contribution in [3.8, 4) is 0 Å². The van der Waals surface area contributed by atoms with Crippen molar-refractivity contribution < 1.29 is 24.2 Å². The van der Waals surface area contributed by atoms with E-state index in [1.54, 1.807) is 20.8 Å². The smallest absolute Gasteiger partial charge is 0.408 e. The van der Waals surface area contributed by atoms with Crippen LogP contribution in [0.4, 0.5) is 4.79 Å². The zero-order chi connectivity index (χ0) is 27.4. The summed E-state index contributed by atoms with van der Waals surface area (Å²) in [5, 5.41) is 19.0. The molecule has 0 saturated heterocycles. The third-order valence-electron chi connectivity index (χ3n) is 4.49. The molecule has 0 aromatic heterocycles. The van der Waals surface area contributed by atoms with Gasteiger partial charge < -0.3 is 25.8 Å². The van der Waals surface area contributed by atoms with Crippen LogP contribution in [0.5, 0.6) is 0 Å². The highest BCUT2D eigenvalue weighted by Crippen LogP contribution is 2.12. The summed E-state index contributed by atoms with van der Waals surface area (Å²) in [6.45, 7) is 18.5. The minimum Gasteiger partial charge on any atom is -0.444 e. The van der Waals surface area contributed by atoms with Gasteiger partial charge in [-0.2, -0.15) is 0 Å². The fourth-order valence-corrected chi connectivity index (χ4v) is 3.17. The molecule has 0 spiro atoms. The number of hydrogen-bond acceptors (Lipinski definition) is 5. The van der Waals surface area contributed by atoms with Crippen molar-refractivity contribution in [3.05, 3.63) is 35.9 Å². The molecule has 0 radical (unpaired) electrons. The minimum atomic E-state index is -1.48. The number of aliphatic hydroxyl groups is 1. The second-order valence-corrected chi connectivity index (χ2v) is 10.8. The van der Waals surface area contributed by atoms with E-state index >= 15 is 0 Å². The molecule has 8 heteroatoms. The number of carbonyl (C=O) groups is 3. The lowest BCUT2D eigenvalue weighted by molar-refractivity contribution is -0.134. The molecule has 0 aliphatic heterocycles. The van der Waals surface area contributed by atoms with E-state index in [0.717, 1.165) is 5.56 Å². The van der Waals surface area contributed by atoms with Crippen LogP contribution in [-0.2, 0) is 20.7 Å². The number of nitrogens with one attached hydrogen (secondary N) is 3. The van der Waals surface area contributed by atoms with Crippen LogP contribution in [0.15, 0.2) is 30.3 Å². The maximum Gasteiger partial charge on any atom is 0.408 e. The standard InChI is InChI=1S/C25H41N3O5.C2H6/c1-16(2)14-19(27-23(32)33-25(6,7)8)21(30)26-18(15-17-12-10-9-11-13-17)20(29)22(31)28-24(3,4)5;1-2/h9-13,16,18-20,29H,14-15H2,1-8H3,(H,26,30)(H,27,32)(H,28,31);1-2H3/t18?,19-,20?;/m0./s1. The first kappa shape index (κ1) is 32.4. The molecule has 200 valence electrons. The van der Waals surface area contributed by atoms with Gasteiger partial charge in [0.1, 0.15) is 11.6 Å². The molecule has 2 unspecified atom stereocenters. The van der Waals surface area contributed by atoms with Crippen molar-refractivity contribution in [3.63, 3.8) is 0 Å². The molecule has 0 heterocycles. The van der Waals surface area contributed by atoms with Crippen molar-refractivity contribution in [2.45, 2.75) is 111 Å². The number of hydrogen-bond donors (Lipinski definition) is 4. The number of benzene rings is 1. The summed E-state index contributed by atoms with van der Waals surface area (Å²) in [5.41, 5.74) is -0.399. The van der Waals surface area contributed by atoms with Crippen molar-refractivity contribution in [1.82, 2.24) is 16.0 Å². The Balaban J connectivity index is 0.00000562. The molecule has 0 aliphatic rings. The van der Waals surface area contributed by atoms with Crippen molar-refractivity contribution in [2.24, 2.45) is 5.92 Å². The third-order valence-corrected chi connectivity index (χ3v) is 4.49. The molecule has 0 fully saturated rings. The maximum absolute atomic E-state index is 13.2. The molecule has 8 nitrogen and oxygen atoms in total. The molecular weight excluding hydrogens is 446 g/mol. The van der Waals surface area contributed by atoms with Crippen LogP contribution < -0.4 is 16.0 Å². The number of alkyl carbamates (subject to hydrolysis) is 1. The number of aliphatic hydroxyl groups excluding tert-OH is 1. The maximum atomic E-state index is 13.2. The Morgan fingerprint density at radius 1 is 0.914 bits per heavy atom. The normalized spacial score (nSPS) is 14.1. The van der Waals surface area contributed by atoms with Crippen molar-refractivity contribution in [2.75, 3.05) is 0 Å². The summed E-state index contributed by atoms with van der Waals surface area (Å²) in [6.07, 6.45) is -1.57. The van der Waals surface area contributed by atoms with E-state index in [-0.39, 0.29) is 12.3 Å². The molecule has 1 aromatic rings. The van der Waals surface area contributed by atoms with Crippen LogP contribution in [0.1, 0.15) is 81.2 Å². The predicted molar refractivity (Wildman–Crippen MR) is 140 cm³/mol. The van der Waals surface area contributed by atoms with Gasteiger partial charge in [0, 0.05) is 5.54 Å². The second-order valence-electron chi connectivity index (χ2n) is 10.8. The fourth-order valence-electron chi connectivity index (χ4n) is 3.17. The quantitative estimate of drug-likeness (QED) is 0.416. The monoisotopic (exact) mass is 493 g/mol.